The van der Waals surface area contributed by atoms with Crippen LogP contribution < -0.4 is 5.32 Å². The summed E-state index contributed by atoms with van der Waals surface area (Å²) in [6, 6.07) is 17.6. The molecule has 0 bridgehead atoms. The van der Waals surface area contributed by atoms with Crippen LogP contribution in [0.5, 0.6) is 5.75 Å². The standard InChI is InChI=1S/C19H19N3O/c23-18-8-6-16(7-9-18)17(14-15-4-2-1-3-5-15)10-11-20-19-21-12-13-22-19/h1-10,17,23H,12-14H2,(H,21,22). The molecule has 2 aromatic carbocycles. The molecular formula is C19H19N3O. The zero-order chi connectivity index (χ0) is 15.9. The summed E-state index contributed by atoms with van der Waals surface area (Å²) in [7, 11) is 0. The maximum atomic E-state index is 9.48. The number of hydrogen-bond acceptors (Lipinski definition) is 4. The average Bonchev–Trinajstić information content (AvgIpc) is 3.09. The highest BCUT2D eigenvalue weighted by Gasteiger charge is 2.10. The second-order valence-corrected chi connectivity index (χ2v) is 5.43. The summed E-state index contributed by atoms with van der Waals surface area (Å²) >= 11 is 0. The minimum absolute atomic E-state index is 0.142. The minimum atomic E-state index is 0.142. The van der Waals surface area contributed by atoms with Crippen LogP contribution in [0.2, 0.25) is 0 Å². The van der Waals surface area contributed by atoms with Crippen molar-refractivity contribution in [1.82, 2.24) is 5.32 Å². The van der Waals surface area contributed by atoms with E-state index >= 15 is 0 Å². The molecule has 0 aromatic heterocycles. The highest BCUT2D eigenvalue weighted by molar-refractivity contribution is 5.87. The first kappa shape index (κ1) is 15.1. The summed E-state index contributed by atoms with van der Waals surface area (Å²) in [5.74, 6) is 4.06. The van der Waals surface area contributed by atoms with Gasteiger partial charge in [-0.1, -0.05) is 42.5 Å². The fraction of sp³-hybridized carbons (Fsp3) is 0.211. The molecule has 4 heteroatoms. The van der Waals surface area contributed by atoms with Gasteiger partial charge >= 0.3 is 0 Å². The molecule has 1 heterocycles. The third-order valence-electron chi connectivity index (χ3n) is 3.72. The number of phenolic OH excluding ortho intramolecular Hbond substituents is 1. The van der Waals surface area contributed by atoms with Crippen molar-refractivity contribution < 1.29 is 5.11 Å². The van der Waals surface area contributed by atoms with Crippen LogP contribution in [0, 0.1) is 0 Å². The lowest BCUT2D eigenvalue weighted by Gasteiger charge is -2.12. The number of allylic oxidation sites excluding steroid dienone is 1. The fourth-order valence-corrected chi connectivity index (χ4v) is 2.51. The zero-order valence-corrected chi connectivity index (χ0v) is 12.8. The van der Waals surface area contributed by atoms with E-state index in [1.165, 1.54) is 5.56 Å². The number of rotatable bonds is 4. The van der Waals surface area contributed by atoms with E-state index in [2.05, 4.69) is 33.3 Å². The van der Waals surface area contributed by atoms with Crippen molar-refractivity contribution in [1.29, 1.82) is 0 Å². The minimum Gasteiger partial charge on any atom is -0.508 e. The number of aromatic hydroxyl groups is 1. The largest absolute Gasteiger partial charge is 0.508 e. The lowest BCUT2D eigenvalue weighted by molar-refractivity contribution is 0.475. The number of aliphatic imine (C=N–C) groups is 2. The summed E-state index contributed by atoms with van der Waals surface area (Å²) < 4.78 is 0. The van der Waals surface area contributed by atoms with Crippen molar-refractivity contribution in [2.75, 3.05) is 13.1 Å². The van der Waals surface area contributed by atoms with Gasteiger partial charge in [0.05, 0.1) is 6.54 Å². The highest BCUT2D eigenvalue weighted by atomic mass is 16.3. The fourth-order valence-electron chi connectivity index (χ4n) is 2.51. The van der Waals surface area contributed by atoms with E-state index in [4.69, 9.17) is 0 Å². The molecule has 1 aliphatic heterocycles. The van der Waals surface area contributed by atoms with Crippen LogP contribution in [0.25, 0.3) is 0 Å². The Bertz CT molecular complexity index is 729. The lowest BCUT2D eigenvalue weighted by atomic mass is 9.92. The first-order valence-corrected chi connectivity index (χ1v) is 7.72. The molecule has 0 saturated heterocycles. The smallest absolute Gasteiger partial charge is 0.226 e. The molecule has 0 aliphatic carbocycles. The average molecular weight is 305 g/mol. The van der Waals surface area contributed by atoms with Crippen molar-refractivity contribution in [2.45, 2.75) is 12.3 Å². The summed E-state index contributed by atoms with van der Waals surface area (Å²) in [6.45, 7) is 1.61. The van der Waals surface area contributed by atoms with E-state index in [0.29, 0.717) is 5.96 Å². The van der Waals surface area contributed by atoms with E-state index in [0.717, 1.165) is 25.1 Å². The predicted octanol–water partition coefficient (Wildman–Crippen LogP) is 2.90. The van der Waals surface area contributed by atoms with Gasteiger partial charge in [0.25, 0.3) is 0 Å². The molecule has 23 heavy (non-hydrogen) atoms. The Morgan fingerprint density at radius 2 is 1.96 bits per heavy atom. The molecule has 0 amide bonds. The Hall–Kier alpha value is -2.84. The van der Waals surface area contributed by atoms with Crippen LogP contribution in [0.4, 0.5) is 0 Å². The molecule has 4 nitrogen and oxygen atoms in total. The molecule has 1 unspecified atom stereocenters. The number of nitrogens with zero attached hydrogens (tertiary/aromatic N) is 2. The van der Waals surface area contributed by atoms with Gasteiger partial charge in [0.2, 0.25) is 5.96 Å². The van der Waals surface area contributed by atoms with Gasteiger partial charge in [-0.05, 0) is 41.6 Å². The van der Waals surface area contributed by atoms with Gasteiger partial charge in [0.15, 0.2) is 0 Å². The molecule has 116 valence electrons. The Morgan fingerprint density at radius 1 is 1.17 bits per heavy atom. The van der Waals surface area contributed by atoms with Gasteiger partial charge in [-0.15, -0.1) is 0 Å². The molecule has 3 rings (SSSR count). The van der Waals surface area contributed by atoms with Gasteiger partial charge in [-0.2, -0.15) is 4.99 Å². The van der Waals surface area contributed by atoms with Crippen LogP contribution in [0.15, 0.2) is 70.7 Å². The van der Waals surface area contributed by atoms with Crippen molar-refractivity contribution in [3.8, 4) is 5.75 Å². The summed E-state index contributed by atoms with van der Waals surface area (Å²) in [6.07, 6.45) is 2.82. The van der Waals surface area contributed by atoms with E-state index in [1.807, 2.05) is 36.4 Å². The monoisotopic (exact) mass is 305 g/mol. The van der Waals surface area contributed by atoms with Gasteiger partial charge < -0.3 is 10.4 Å². The van der Waals surface area contributed by atoms with Crippen LogP contribution >= 0.6 is 0 Å². The van der Waals surface area contributed by atoms with Crippen LogP contribution in [0.3, 0.4) is 0 Å². The van der Waals surface area contributed by atoms with E-state index in [-0.39, 0.29) is 11.7 Å². The Balaban J connectivity index is 1.83. The number of hydrogen-bond donors (Lipinski definition) is 2. The number of phenols is 1. The third-order valence-corrected chi connectivity index (χ3v) is 3.72. The summed E-state index contributed by atoms with van der Waals surface area (Å²) in [5, 5.41) is 12.6. The Labute approximate surface area is 135 Å². The molecule has 2 aromatic rings. The number of guanidine groups is 1. The van der Waals surface area contributed by atoms with Crippen LogP contribution in [-0.2, 0) is 6.42 Å². The van der Waals surface area contributed by atoms with Crippen molar-refractivity contribution in [2.24, 2.45) is 9.98 Å². The van der Waals surface area contributed by atoms with Gasteiger partial charge in [-0.3, -0.25) is 0 Å². The molecule has 0 fully saturated rings. The normalized spacial score (nSPS) is 14.3. The van der Waals surface area contributed by atoms with Crippen molar-refractivity contribution in [3.63, 3.8) is 0 Å². The highest BCUT2D eigenvalue weighted by Crippen LogP contribution is 2.23. The summed E-state index contributed by atoms with van der Waals surface area (Å²) in [5.41, 5.74) is 2.37. The zero-order valence-electron chi connectivity index (χ0n) is 12.8. The van der Waals surface area contributed by atoms with E-state index in [1.54, 1.807) is 12.1 Å². The second kappa shape index (κ2) is 7.43. The molecule has 1 aliphatic rings. The van der Waals surface area contributed by atoms with E-state index in [9.17, 15) is 5.11 Å². The maximum absolute atomic E-state index is 9.48. The second-order valence-electron chi connectivity index (χ2n) is 5.43. The van der Waals surface area contributed by atoms with Crippen LogP contribution in [-0.4, -0.2) is 30.0 Å². The molecule has 1 atom stereocenters. The van der Waals surface area contributed by atoms with Crippen molar-refractivity contribution in [3.05, 3.63) is 71.8 Å². The topological polar surface area (TPSA) is 57.0 Å². The molecular weight excluding hydrogens is 286 g/mol. The SMILES string of the molecule is Oc1ccc(C(C=C=NC2=NCCN2)Cc2ccccc2)cc1. The Morgan fingerprint density at radius 3 is 2.65 bits per heavy atom. The molecule has 0 spiro atoms. The maximum Gasteiger partial charge on any atom is 0.226 e. The molecule has 0 saturated carbocycles. The Kier molecular flexibility index (Phi) is 4.87. The summed E-state index contributed by atoms with van der Waals surface area (Å²) in [4.78, 5) is 8.46. The van der Waals surface area contributed by atoms with Crippen LogP contribution in [0.1, 0.15) is 17.0 Å². The molecule has 0 radical (unpaired) electrons. The quantitative estimate of drug-likeness (QED) is 0.853. The predicted molar refractivity (Wildman–Crippen MR) is 93.3 cm³/mol. The number of benzene rings is 2. The number of nitrogens with one attached hydrogen (secondary N) is 1. The molecule has 2 N–H and O–H groups in total. The first-order valence-electron chi connectivity index (χ1n) is 7.72. The van der Waals surface area contributed by atoms with Gasteiger partial charge in [0.1, 0.15) is 5.75 Å². The first-order chi connectivity index (χ1) is 11.3. The van der Waals surface area contributed by atoms with Gasteiger partial charge in [-0.25, -0.2) is 4.99 Å². The van der Waals surface area contributed by atoms with E-state index < -0.39 is 0 Å². The van der Waals surface area contributed by atoms with Crippen molar-refractivity contribution >= 4 is 11.8 Å². The van der Waals surface area contributed by atoms with Gasteiger partial charge in [0, 0.05) is 12.5 Å². The lowest BCUT2D eigenvalue weighted by Crippen LogP contribution is -2.15. The third kappa shape index (κ3) is 4.31.